The third-order valence-corrected chi connectivity index (χ3v) is 9.03. The van der Waals surface area contributed by atoms with E-state index in [2.05, 4.69) is 46.7 Å². The maximum absolute atomic E-state index is 4.65. The van der Waals surface area contributed by atoms with Crippen LogP contribution in [0.1, 0.15) is 5.56 Å². The Kier molecular flexibility index (Phi) is 3.63. The lowest BCUT2D eigenvalue weighted by atomic mass is 10.2. The van der Waals surface area contributed by atoms with Crippen molar-refractivity contribution in [3.05, 3.63) is 72.3 Å². The molecular weight excluding hydrogens is 316 g/mol. The Morgan fingerprint density at radius 2 is 1.57 bits per heavy atom. The molecule has 21 heavy (non-hydrogen) atoms. The van der Waals surface area contributed by atoms with Crippen LogP contribution in [0.15, 0.2) is 71.7 Å². The fraction of sp³-hybridized carbons (Fsp3) is 0. The molecule has 2 heterocycles. The topological polar surface area (TPSA) is 24.4 Å². The monoisotopic (exact) mass is 328 g/mol. The lowest BCUT2D eigenvalue weighted by molar-refractivity contribution is 1.41. The molecule has 0 amide bonds. The van der Waals surface area contributed by atoms with Gasteiger partial charge >= 0.3 is 0 Å². The Morgan fingerprint density at radius 1 is 0.857 bits per heavy atom. The average molecular weight is 328 g/mol. The van der Waals surface area contributed by atoms with Crippen molar-refractivity contribution in [3.63, 3.8) is 0 Å². The van der Waals surface area contributed by atoms with Gasteiger partial charge in [0.1, 0.15) is 0 Å². The average Bonchev–Trinajstić information content (AvgIpc) is 3.07. The van der Waals surface area contributed by atoms with E-state index in [0.29, 0.717) is 0 Å². The molecule has 0 fully saturated rings. The summed E-state index contributed by atoms with van der Waals surface area (Å²) in [5, 5.41) is 4.44. The first-order valence-electron chi connectivity index (χ1n) is 6.54. The minimum atomic E-state index is 0.113. The van der Waals surface area contributed by atoms with Gasteiger partial charge in [-0.15, -0.1) is 0 Å². The molecular formula is C16H12N2S3. The molecule has 2 aliphatic rings. The van der Waals surface area contributed by atoms with E-state index in [4.69, 9.17) is 0 Å². The number of hydrogen-bond acceptors (Lipinski definition) is 3. The van der Waals surface area contributed by atoms with Crippen molar-refractivity contribution in [2.45, 2.75) is 0 Å². The Labute approximate surface area is 133 Å². The minimum Gasteiger partial charge on any atom is -0.328 e. The Bertz CT molecular complexity index is 765. The van der Waals surface area contributed by atoms with Crippen molar-refractivity contribution < 1.29 is 0 Å². The van der Waals surface area contributed by atoms with Crippen molar-refractivity contribution in [1.82, 2.24) is 5.32 Å². The molecule has 0 radical (unpaired) electrons. The van der Waals surface area contributed by atoms with Crippen molar-refractivity contribution >= 4 is 50.9 Å². The summed E-state index contributed by atoms with van der Waals surface area (Å²) in [4.78, 5) is 7.27. The fourth-order valence-corrected chi connectivity index (χ4v) is 8.12. The maximum Gasteiger partial charge on any atom is 0.177 e. The second-order valence-corrected chi connectivity index (χ2v) is 10.2. The van der Waals surface area contributed by atoms with Gasteiger partial charge in [-0.05, 0) is 43.1 Å². The van der Waals surface area contributed by atoms with E-state index >= 15 is 0 Å². The highest BCUT2D eigenvalue weighted by molar-refractivity contribution is 9.20. The highest BCUT2D eigenvalue weighted by atomic mass is 33.5. The zero-order chi connectivity index (χ0) is 14.1. The van der Waals surface area contributed by atoms with Gasteiger partial charge in [-0.1, -0.05) is 59.3 Å². The first-order valence-corrected chi connectivity index (χ1v) is 10.4. The zero-order valence-corrected chi connectivity index (χ0v) is 13.5. The third-order valence-electron chi connectivity index (χ3n) is 3.04. The van der Waals surface area contributed by atoms with Gasteiger partial charge in [-0.25, -0.2) is 4.99 Å². The molecule has 0 saturated heterocycles. The van der Waals surface area contributed by atoms with E-state index < -0.39 is 0 Å². The second-order valence-electron chi connectivity index (χ2n) is 4.52. The molecule has 1 N–H and O–H groups in total. The standard InChI is InChI=1S/C16H12N2S3/c1-3-7-12(8-4-1)14-11-15-18-16(20-21(15)19-14)17-13-9-5-2-6-10-13/h1-11H,(H,17,18). The summed E-state index contributed by atoms with van der Waals surface area (Å²) in [5.41, 5.74) is 2.29. The molecule has 0 aliphatic carbocycles. The Hall–Kier alpha value is -1.43. The van der Waals surface area contributed by atoms with Crippen LogP contribution >= 0.6 is 30.1 Å². The van der Waals surface area contributed by atoms with Gasteiger partial charge < -0.3 is 5.32 Å². The van der Waals surface area contributed by atoms with Gasteiger partial charge in [0, 0.05) is 4.91 Å². The SMILES string of the molecule is C1=C(c2ccccc2)SS2=C1NC(=Nc1ccccc1)S2. The number of amidine groups is 1. The van der Waals surface area contributed by atoms with Crippen LogP contribution in [0.4, 0.5) is 5.69 Å². The van der Waals surface area contributed by atoms with Crippen molar-refractivity contribution in [2.24, 2.45) is 4.99 Å². The molecule has 2 aromatic rings. The first-order chi connectivity index (χ1) is 10.4. The molecule has 1 atom stereocenters. The van der Waals surface area contributed by atoms with Crippen LogP contribution in [0.25, 0.3) is 4.91 Å². The molecule has 4 rings (SSSR count). The lowest BCUT2D eigenvalue weighted by Gasteiger charge is -2.04. The molecule has 0 spiro atoms. The van der Waals surface area contributed by atoms with Crippen LogP contribution in [-0.2, 0) is 0 Å². The predicted octanol–water partition coefficient (Wildman–Crippen LogP) is 5.03. The molecule has 1 unspecified atom stereocenters. The number of benzene rings is 2. The smallest absolute Gasteiger partial charge is 0.177 e. The van der Waals surface area contributed by atoms with Crippen molar-refractivity contribution in [1.29, 1.82) is 0 Å². The third kappa shape index (κ3) is 2.81. The van der Waals surface area contributed by atoms with Crippen LogP contribution in [0.2, 0.25) is 0 Å². The molecule has 0 saturated carbocycles. The summed E-state index contributed by atoms with van der Waals surface area (Å²) in [6.07, 6.45) is 2.25. The molecule has 2 nitrogen and oxygen atoms in total. The predicted molar refractivity (Wildman–Crippen MR) is 98.9 cm³/mol. The summed E-state index contributed by atoms with van der Waals surface area (Å²) in [6, 6.07) is 20.6. The maximum atomic E-state index is 4.65. The lowest BCUT2D eigenvalue weighted by Crippen LogP contribution is -2.20. The van der Waals surface area contributed by atoms with Gasteiger partial charge in [0.15, 0.2) is 5.17 Å². The van der Waals surface area contributed by atoms with E-state index in [9.17, 15) is 0 Å². The van der Waals surface area contributed by atoms with Crippen LogP contribution in [0.3, 0.4) is 0 Å². The van der Waals surface area contributed by atoms with Crippen LogP contribution in [0, 0.1) is 0 Å². The van der Waals surface area contributed by atoms with Crippen LogP contribution in [0.5, 0.6) is 0 Å². The summed E-state index contributed by atoms with van der Waals surface area (Å²) in [5.74, 6) is 0. The molecule has 0 bridgehead atoms. The minimum absolute atomic E-state index is 0.113. The molecule has 2 aromatic carbocycles. The van der Waals surface area contributed by atoms with Crippen LogP contribution < -0.4 is 5.32 Å². The summed E-state index contributed by atoms with van der Waals surface area (Å²) >= 11 is 0. The fourth-order valence-electron chi connectivity index (χ4n) is 2.06. The Morgan fingerprint density at radius 3 is 2.29 bits per heavy atom. The van der Waals surface area contributed by atoms with E-state index in [1.807, 2.05) is 51.9 Å². The Balaban J connectivity index is 1.53. The summed E-state index contributed by atoms with van der Waals surface area (Å²) in [7, 11) is 3.85. The number of nitrogens with zero attached hydrogens (tertiary/aromatic N) is 1. The number of para-hydroxylation sites is 1. The molecule has 5 heteroatoms. The number of hydrogen-bond donors (Lipinski definition) is 1. The van der Waals surface area contributed by atoms with Crippen molar-refractivity contribution in [2.75, 3.05) is 0 Å². The van der Waals surface area contributed by atoms with Crippen LogP contribution in [-0.4, -0.2) is 10.2 Å². The number of aliphatic imine (C=N–C) groups is 1. The number of nitrogens with one attached hydrogen (secondary N) is 1. The van der Waals surface area contributed by atoms with Gasteiger partial charge in [0.05, 0.1) is 10.7 Å². The van der Waals surface area contributed by atoms with Gasteiger partial charge in [-0.2, -0.15) is 0 Å². The van der Waals surface area contributed by atoms with E-state index in [1.54, 1.807) is 0 Å². The van der Waals surface area contributed by atoms with E-state index in [-0.39, 0.29) is 8.55 Å². The van der Waals surface area contributed by atoms with Crippen molar-refractivity contribution in [3.8, 4) is 0 Å². The van der Waals surface area contributed by atoms with Gasteiger partial charge in [0.2, 0.25) is 0 Å². The summed E-state index contributed by atoms with van der Waals surface area (Å²) in [6.45, 7) is 0. The van der Waals surface area contributed by atoms with Gasteiger partial charge in [-0.3, -0.25) is 0 Å². The second kappa shape index (κ2) is 5.75. The zero-order valence-electron chi connectivity index (χ0n) is 11.0. The van der Waals surface area contributed by atoms with Gasteiger partial charge in [0.25, 0.3) is 0 Å². The summed E-state index contributed by atoms with van der Waals surface area (Å²) < 4.78 is 0. The number of rotatable bonds is 2. The highest BCUT2D eigenvalue weighted by Crippen LogP contribution is 2.58. The quantitative estimate of drug-likeness (QED) is 0.618. The van der Waals surface area contributed by atoms with E-state index in [1.165, 1.54) is 15.5 Å². The first kappa shape index (κ1) is 13.2. The largest absolute Gasteiger partial charge is 0.328 e. The molecule has 104 valence electrons. The normalized spacial score (nSPS) is 22.1. The van der Waals surface area contributed by atoms with E-state index in [0.717, 1.165) is 10.9 Å². The molecule has 0 aromatic heterocycles. The highest BCUT2D eigenvalue weighted by Gasteiger charge is 2.26. The molecule has 2 aliphatic heterocycles.